The van der Waals surface area contributed by atoms with Crippen LogP contribution >= 0.6 is 0 Å². The molecular weight excluding hydrogens is 223 g/mol. The first-order chi connectivity index (χ1) is 7.91. The van der Waals surface area contributed by atoms with Gasteiger partial charge < -0.3 is 5.73 Å². The molecule has 17 heavy (non-hydrogen) atoms. The molecule has 0 saturated heterocycles. The molecule has 92 valence electrons. The maximum Gasteiger partial charge on any atom is 0.275 e. The highest BCUT2D eigenvalue weighted by molar-refractivity contribution is 5.48. The molecule has 1 fully saturated rings. The van der Waals surface area contributed by atoms with Gasteiger partial charge in [-0.2, -0.15) is 0 Å². The largest absolute Gasteiger partial charge is 0.330 e. The number of nitrogens with two attached hydrogens (primary N) is 1. The summed E-state index contributed by atoms with van der Waals surface area (Å²) in [6, 6.07) is 3.98. The first-order valence-corrected chi connectivity index (χ1v) is 5.54. The normalized spacial score (nSPS) is 25.6. The van der Waals surface area contributed by atoms with Crippen LogP contribution in [0.3, 0.4) is 0 Å². The molecule has 2 N–H and O–H groups in total. The molecule has 1 aromatic rings. The smallest absolute Gasteiger partial charge is 0.275 e. The van der Waals surface area contributed by atoms with Crippen LogP contribution in [0.4, 0.5) is 10.1 Å². The van der Waals surface area contributed by atoms with Gasteiger partial charge in [-0.05, 0) is 23.9 Å². The van der Waals surface area contributed by atoms with Gasteiger partial charge in [0.1, 0.15) is 5.82 Å². The standard InChI is InChI=1S/C12H15FN2O2/c1-12(2)7(6-14)11(12)10-8(13)4-3-5-9(10)15(16)17/h3-5,7,11H,6,14H2,1-2H3. The van der Waals surface area contributed by atoms with Gasteiger partial charge in [-0.25, -0.2) is 4.39 Å². The van der Waals surface area contributed by atoms with Crippen LogP contribution in [0.5, 0.6) is 0 Å². The van der Waals surface area contributed by atoms with Crippen molar-refractivity contribution >= 4 is 5.69 Å². The van der Waals surface area contributed by atoms with Gasteiger partial charge in [-0.15, -0.1) is 0 Å². The lowest BCUT2D eigenvalue weighted by molar-refractivity contribution is -0.385. The Morgan fingerprint density at radius 2 is 2.18 bits per heavy atom. The molecule has 0 amide bonds. The maximum atomic E-state index is 13.8. The number of nitro benzene ring substituents is 1. The summed E-state index contributed by atoms with van der Waals surface area (Å²) >= 11 is 0. The summed E-state index contributed by atoms with van der Waals surface area (Å²) < 4.78 is 13.8. The third-order valence-electron chi connectivity index (χ3n) is 3.84. The molecule has 1 aromatic carbocycles. The summed E-state index contributed by atoms with van der Waals surface area (Å²) in [7, 11) is 0. The van der Waals surface area contributed by atoms with Crippen molar-refractivity contribution in [3.63, 3.8) is 0 Å². The zero-order chi connectivity index (χ0) is 12.8. The van der Waals surface area contributed by atoms with Gasteiger partial charge in [0, 0.05) is 12.0 Å². The molecular formula is C12H15FN2O2. The second-order valence-electron chi connectivity index (χ2n) is 5.07. The van der Waals surface area contributed by atoms with Gasteiger partial charge in [-0.1, -0.05) is 19.9 Å². The third kappa shape index (κ3) is 1.70. The molecule has 1 aliphatic rings. The molecule has 1 saturated carbocycles. The lowest BCUT2D eigenvalue weighted by Gasteiger charge is -2.05. The van der Waals surface area contributed by atoms with E-state index in [9.17, 15) is 14.5 Å². The summed E-state index contributed by atoms with van der Waals surface area (Å²) in [5, 5.41) is 10.9. The molecule has 5 heteroatoms. The lowest BCUT2D eigenvalue weighted by atomic mass is 10.0. The SMILES string of the molecule is CC1(C)C(CN)C1c1c(F)cccc1[N+](=O)[O-]. The first-order valence-electron chi connectivity index (χ1n) is 5.54. The number of benzene rings is 1. The molecule has 1 aliphatic carbocycles. The highest BCUT2D eigenvalue weighted by Crippen LogP contribution is 2.65. The highest BCUT2D eigenvalue weighted by Gasteiger charge is 2.60. The fourth-order valence-corrected chi connectivity index (χ4v) is 2.75. The van der Waals surface area contributed by atoms with E-state index in [2.05, 4.69) is 0 Å². The van der Waals surface area contributed by atoms with E-state index < -0.39 is 10.7 Å². The van der Waals surface area contributed by atoms with Crippen LogP contribution in [0.15, 0.2) is 18.2 Å². The molecule has 0 aromatic heterocycles. The molecule has 2 rings (SSSR count). The van der Waals surface area contributed by atoms with Crippen LogP contribution in [0.1, 0.15) is 25.3 Å². The summed E-state index contributed by atoms with van der Waals surface area (Å²) in [6.07, 6.45) is 0. The first kappa shape index (κ1) is 12.0. The quantitative estimate of drug-likeness (QED) is 0.649. The summed E-state index contributed by atoms with van der Waals surface area (Å²) in [5.41, 5.74) is 5.52. The number of nitro groups is 1. The molecule has 4 nitrogen and oxygen atoms in total. The lowest BCUT2D eigenvalue weighted by Crippen LogP contribution is -2.05. The minimum Gasteiger partial charge on any atom is -0.330 e. The predicted octanol–water partition coefficient (Wildman–Crippen LogP) is 2.43. The van der Waals surface area contributed by atoms with Gasteiger partial charge >= 0.3 is 0 Å². The van der Waals surface area contributed by atoms with Gasteiger partial charge in [0.15, 0.2) is 0 Å². The van der Waals surface area contributed by atoms with E-state index in [0.717, 1.165) is 0 Å². The summed E-state index contributed by atoms with van der Waals surface area (Å²) in [4.78, 5) is 10.4. The Kier molecular flexibility index (Phi) is 2.66. The molecule has 0 spiro atoms. The number of rotatable bonds is 3. The topological polar surface area (TPSA) is 69.2 Å². The minimum absolute atomic E-state index is 0.109. The van der Waals surface area contributed by atoms with E-state index in [0.29, 0.717) is 6.54 Å². The van der Waals surface area contributed by atoms with Gasteiger partial charge in [-0.3, -0.25) is 10.1 Å². The van der Waals surface area contributed by atoms with E-state index in [1.807, 2.05) is 13.8 Å². The number of halogens is 1. The second-order valence-corrected chi connectivity index (χ2v) is 5.07. The van der Waals surface area contributed by atoms with E-state index in [-0.39, 0.29) is 28.5 Å². The van der Waals surface area contributed by atoms with Crippen LogP contribution in [0, 0.1) is 27.3 Å². The van der Waals surface area contributed by atoms with Crippen molar-refractivity contribution in [3.05, 3.63) is 39.7 Å². The Morgan fingerprint density at radius 3 is 2.65 bits per heavy atom. The van der Waals surface area contributed by atoms with Crippen molar-refractivity contribution in [1.29, 1.82) is 0 Å². The Balaban J connectivity index is 2.50. The number of hydrogen-bond donors (Lipinski definition) is 1. The van der Waals surface area contributed by atoms with Crippen LogP contribution < -0.4 is 5.73 Å². The summed E-state index contributed by atoms with van der Waals surface area (Å²) in [5.74, 6) is -0.555. The van der Waals surface area contributed by atoms with Crippen LogP contribution in [-0.4, -0.2) is 11.5 Å². The zero-order valence-electron chi connectivity index (χ0n) is 9.81. The molecule has 0 heterocycles. The van der Waals surface area contributed by atoms with Crippen molar-refractivity contribution in [3.8, 4) is 0 Å². The molecule has 0 aliphatic heterocycles. The maximum absolute atomic E-state index is 13.8. The number of hydrogen-bond acceptors (Lipinski definition) is 3. The van der Waals surface area contributed by atoms with Crippen LogP contribution in [0.25, 0.3) is 0 Å². The van der Waals surface area contributed by atoms with E-state index in [4.69, 9.17) is 5.73 Å². The van der Waals surface area contributed by atoms with Crippen molar-refractivity contribution in [1.82, 2.24) is 0 Å². The fraction of sp³-hybridized carbons (Fsp3) is 0.500. The van der Waals surface area contributed by atoms with E-state index in [1.165, 1.54) is 18.2 Å². The Morgan fingerprint density at radius 1 is 1.53 bits per heavy atom. The van der Waals surface area contributed by atoms with Gasteiger partial charge in [0.2, 0.25) is 0 Å². The van der Waals surface area contributed by atoms with E-state index >= 15 is 0 Å². The summed E-state index contributed by atoms with van der Waals surface area (Å²) in [6.45, 7) is 4.35. The van der Waals surface area contributed by atoms with Crippen molar-refractivity contribution in [2.45, 2.75) is 19.8 Å². The predicted molar refractivity (Wildman–Crippen MR) is 62.1 cm³/mol. The van der Waals surface area contributed by atoms with Crippen molar-refractivity contribution in [2.75, 3.05) is 6.54 Å². The van der Waals surface area contributed by atoms with Crippen LogP contribution in [0.2, 0.25) is 0 Å². The molecule has 2 atom stereocenters. The van der Waals surface area contributed by atoms with Gasteiger partial charge in [0.25, 0.3) is 5.69 Å². The molecule has 2 unspecified atom stereocenters. The highest BCUT2D eigenvalue weighted by atomic mass is 19.1. The molecule has 0 bridgehead atoms. The van der Waals surface area contributed by atoms with Crippen molar-refractivity contribution in [2.24, 2.45) is 17.1 Å². The van der Waals surface area contributed by atoms with Crippen molar-refractivity contribution < 1.29 is 9.31 Å². The third-order valence-corrected chi connectivity index (χ3v) is 3.84. The fourth-order valence-electron chi connectivity index (χ4n) is 2.75. The van der Waals surface area contributed by atoms with Crippen LogP contribution in [-0.2, 0) is 0 Å². The monoisotopic (exact) mass is 238 g/mol. The average molecular weight is 238 g/mol. The minimum atomic E-state index is -0.527. The molecule has 0 radical (unpaired) electrons. The zero-order valence-corrected chi connectivity index (χ0v) is 9.81. The Bertz CT molecular complexity index is 474. The van der Waals surface area contributed by atoms with Gasteiger partial charge in [0.05, 0.1) is 10.5 Å². The Hall–Kier alpha value is -1.49. The Labute approximate surface area is 98.8 Å². The average Bonchev–Trinajstić information content (AvgIpc) is 2.79. The second kappa shape index (κ2) is 3.77. The van der Waals surface area contributed by atoms with E-state index in [1.54, 1.807) is 0 Å². The number of nitrogens with zero attached hydrogens (tertiary/aromatic N) is 1.